The van der Waals surface area contributed by atoms with Crippen LogP contribution in [0.2, 0.25) is 0 Å². The van der Waals surface area contributed by atoms with Crippen LogP contribution in [0.4, 0.5) is 4.39 Å². The molecule has 0 spiro atoms. The maximum atomic E-state index is 13.2. The van der Waals surface area contributed by atoms with Crippen LogP contribution in [-0.4, -0.2) is 27.2 Å². The number of halogens is 1. The van der Waals surface area contributed by atoms with Crippen molar-refractivity contribution >= 4 is 16.9 Å². The van der Waals surface area contributed by atoms with Crippen molar-refractivity contribution in [2.75, 3.05) is 6.54 Å². The number of carbonyl (C=O) groups is 1. The highest BCUT2D eigenvalue weighted by Gasteiger charge is 2.19. The summed E-state index contributed by atoms with van der Waals surface area (Å²) in [6.45, 7) is 4.96. The summed E-state index contributed by atoms with van der Waals surface area (Å²) in [6, 6.07) is 9.59. The van der Waals surface area contributed by atoms with Crippen molar-refractivity contribution in [3.8, 4) is 5.69 Å². The number of hydrogen-bond acceptors (Lipinski definition) is 3. The Morgan fingerprint density at radius 3 is 2.70 bits per heavy atom. The summed E-state index contributed by atoms with van der Waals surface area (Å²) < 4.78 is 14.8. The molecule has 27 heavy (non-hydrogen) atoms. The fraction of sp³-hybridized carbons (Fsp3) is 0.381. The van der Waals surface area contributed by atoms with Gasteiger partial charge in [0.05, 0.1) is 11.1 Å². The van der Waals surface area contributed by atoms with Gasteiger partial charge in [-0.1, -0.05) is 33.1 Å². The largest absolute Gasteiger partial charge is 0.350 e. The van der Waals surface area contributed by atoms with E-state index in [1.54, 1.807) is 29.1 Å². The van der Waals surface area contributed by atoms with Crippen LogP contribution in [0.15, 0.2) is 42.6 Å². The quantitative estimate of drug-likeness (QED) is 0.636. The van der Waals surface area contributed by atoms with Crippen LogP contribution < -0.4 is 5.32 Å². The van der Waals surface area contributed by atoms with Crippen LogP contribution in [-0.2, 0) is 0 Å². The molecule has 1 amide bonds. The molecule has 0 aliphatic rings. The first kappa shape index (κ1) is 19.0. The molecular formula is C21H25FN4O. The first-order chi connectivity index (χ1) is 13.1. The zero-order chi connectivity index (χ0) is 19.2. The lowest BCUT2D eigenvalue weighted by Gasteiger charge is -2.14. The SMILES string of the molecule is CCCC[C@@H](CC)CNC(=O)c1nn(-c2ccc(F)cc2)c2ncccc12. The van der Waals surface area contributed by atoms with Crippen LogP contribution >= 0.6 is 0 Å². The molecule has 0 saturated heterocycles. The average molecular weight is 368 g/mol. The molecule has 0 bridgehead atoms. The van der Waals surface area contributed by atoms with Gasteiger partial charge >= 0.3 is 0 Å². The van der Waals surface area contributed by atoms with Gasteiger partial charge in [0, 0.05) is 12.7 Å². The normalized spacial score (nSPS) is 12.3. The van der Waals surface area contributed by atoms with Crippen molar-refractivity contribution in [3.05, 3.63) is 54.1 Å². The van der Waals surface area contributed by atoms with Crippen LogP contribution in [0.3, 0.4) is 0 Å². The smallest absolute Gasteiger partial charge is 0.272 e. The number of carbonyl (C=O) groups excluding carboxylic acids is 1. The lowest BCUT2D eigenvalue weighted by Crippen LogP contribution is -2.29. The van der Waals surface area contributed by atoms with E-state index >= 15 is 0 Å². The van der Waals surface area contributed by atoms with Gasteiger partial charge in [0.25, 0.3) is 5.91 Å². The third-order valence-electron chi connectivity index (χ3n) is 4.82. The summed E-state index contributed by atoms with van der Waals surface area (Å²) in [4.78, 5) is 17.1. The van der Waals surface area contributed by atoms with Gasteiger partial charge in [-0.25, -0.2) is 14.1 Å². The molecule has 142 valence electrons. The summed E-state index contributed by atoms with van der Waals surface area (Å²) in [6.07, 6.45) is 6.12. The molecule has 0 fully saturated rings. The number of nitrogens with zero attached hydrogens (tertiary/aromatic N) is 3. The van der Waals surface area contributed by atoms with E-state index in [9.17, 15) is 9.18 Å². The third kappa shape index (κ3) is 4.32. The second-order valence-electron chi connectivity index (χ2n) is 6.74. The molecule has 0 unspecified atom stereocenters. The topological polar surface area (TPSA) is 59.8 Å². The van der Waals surface area contributed by atoms with Crippen LogP contribution in [0.25, 0.3) is 16.7 Å². The molecule has 5 nitrogen and oxygen atoms in total. The van der Waals surface area contributed by atoms with Crippen molar-refractivity contribution in [1.82, 2.24) is 20.1 Å². The second kappa shape index (κ2) is 8.75. The number of aromatic nitrogens is 3. The van der Waals surface area contributed by atoms with Gasteiger partial charge in [-0.05, 0) is 48.7 Å². The number of hydrogen-bond donors (Lipinski definition) is 1. The molecule has 3 rings (SSSR count). The van der Waals surface area contributed by atoms with E-state index in [0.717, 1.165) is 19.3 Å². The molecule has 1 N–H and O–H groups in total. The third-order valence-corrected chi connectivity index (χ3v) is 4.82. The van der Waals surface area contributed by atoms with Crippen LogP contribution in [0.5, 0.6) is 0 Å². The minimum absolute atomic E-state index is 0.205. The monoisotopic (exact) mass is 368 g/mol. The average Bonchev–Trinajstić information content (AvgIpc) is 3.08. The fourth-order valence-electron chi connectivity index (χ4n) is 3.15. The Bertz CT molecular complexity index is 904. The van der Waals surface area contributed by atoms with Gasteiger partial charge in [-0.2, -0.15) is 5.10 Å². The standard InChI is InChI=1S/C21H25FN4O/c1-3-5-7-15(4-2)14-24-21(27)19-18-8-6-13-23-20(18)26(25-19)17-11-9-16(22)10-12-17/h6,8-13,15H,3-5,7,14H2,1-2H3,(H,24,27)/t15-/m1/s1. The van der Waals surface area contributed by atoms with E-state index in [2.05, 4.69) is 29.2 Å². The van der Waals surface area contributed by atoms with Crippen molar-refractivity contribution in [2.24, 2.45) is 5.92 Å². The van der Waals surface area contributed by atoms with E-state index in [1.807, 2.05) is 6.07 Å². The van der Waals surface area contributed by atoms with E-state index in [-0.39, 0.29) is 11.7 Å². The van der Waals surface area contributed by atoms with Crippen LogP contribution in [0.1, 0.15) is 50.0 Å². The maximum absolute atomic E-state index is 13.2. The molecule has 0 saturated carbocycles. The van der Waals surface area contributed by atoms with Gasteiger partial charge in [0.2, 0.25) is 0 Å². The predicted octanol–water partition coefficient (Wildman–Crippen LogP) is 4.51. The number of amides is 1. The van der Waals surface area contributed by atoms with Gasteiger partial charge in [0.15, 0.2) is 11.3 Å². The number of pyridine rings is 1. The van der Waals surface area contributed by atoms with Crippen molar-refractivity contribution in [1.29, 1.82) is 0 Å². The summed E-state index contributed by atoms with van der Waals surface area (Å²) in [5, 5.41) is 8.18. The number of benzene rings is 1. The zero-order valence-corrected chi connectivity index (χ0v) is 15.8. The number of nitrogens with one attached hydrogen (secondary N) is 1. The molecule has 2 aromatic heterocycles. The number of unbranched alkanes of at least 4 members (excludes halogenated alkanes) is 1. The number of fused-ring (bicyclic) bond motifs is 1. The summed E-state index contributed by atoms with van der Waals surface area (Å²) in [5.74, 6) is -0.0555. The molecule has 1 atom stereocenters. The summed E-state index contributed by atoms with van der Waals surface area (Å²) >= 11 is 0. The van der Waals surface area contributed by atoms with E-state index < -0.39 is 0 Å². The molecule has 0 radical (unpaired) electrons. The van der Waals surface area contributed by atoms with Gasteiger partial charge in [-0.15, -0.1) is 0 Å². The first-order valence-electron chi connectivity index (χ1n) is 9.51. The molecule has 0 aliphatic carbocycles. The molecule has 1 aromatic carbocycles. The Balaban J connectivity index is 1.86. The van der Waals surface area contributed by atoms with E-state index in [4.69, 9.17) is 0 Å². The number of rotatable bonds is 8. The zero-order valence-electron chi connectivity index (χ0n) is 15.8. The Morgan fingerprint density at radius 1 is 1.22 bits per heavy atom. The highest BCUT2D eigenvalue weighted by Crippen LogP contribution is 2.21. The van der Waals surface area contributed by atoms with Crippen molar-refractivity contribution in [3.63, 3.8) is 0 Å². The molecular weight excluding hydrogens is 343 g/mol. The van der Waals surface area contributed by atoms with Crippen molar-refractivity contribution in [2.45, 2.75) is 39.5 Å². The van der Waals surface area contributed by atoms with Crippen molar-refractivity contribution < 1.29 is 9.18 Å². The van der Waals surface area contributed by atoms with Crippen LogP contribution in [0, 0.1) is 11.7 Å². The fourth-order valence-corrected chi connectivity index (χ4v) is 3.15. The molecule has 6 heteroatoms. The van der Waals surface area contributed by atoms with Gasteiger partial charge < -0.3 is 5.32 Å². The van der Waals surface area contributed by atoms with E-state index in [1.165, 1.54) is 18.6 Å². The molecule has 0 aliphatic heterocycles. The second-order valence-corrected chi connectivity index (χ2v) is 6.74. The van der Waals surface area contributed by atoms with Gasteiger partial charge in [-0.3, -0.25) is 4.79 Å². The lowest BCUT2D eigenvalue weighted by atomic mass is 9.99. The van der Waals surface area contributed by atoms with E-state index in [0.29, 0.717) is 34.9 Å². The predicted molar refractivity (Wildman–Crippen MR) is 104 cm³/mol. The first-order valence-corrected chi connectivity index (χ1v) is 9.51. The van der Waals surface area contributed by atoms with Gasteiger partial charge in [0.1, 0.15) is 5.82 Å². The minimum Gasteiger partial charge on any atom is -0.350 e. The Labute approximate surface area is 158 Å². The Hall–Kier alpha value is -2.76. The summed E-state index contributed by atoms with van der Waals surface area (Å²) in [7, 11) is 0. The minimum atomic E-state index is -0.321. The Morgan fingerprint density at radius 2 is 2.00 bits per heavy atom. The Kier molecular flexibility index (Phi) is 6.16. The highest BCUT2D eigenvalue weighted by atomic mass is 19.1. The maximum Gasteiger partial charge on any atom is 0.272 e. The highest BCUT2D eigenvalue weighted by molar-refractivity contribution is 6.04. The molecule has 3 aromatic rings. The lowest BCUT2D eigenvalue weighted by molar-refractivity contribution is 0.0942. The molecule has 2 heterocycles. The summed E-state index contributed by atoms with van der Waals surface area (Å²) in [5.41, 5.74) is 1.58.